The third-order valence-corrected chi connectivity index (χ3v) is 4.02. The first kappa shape index (κ1) is 8.92. The van der Waals surface area contributed by atoms with Gasteiger partial charge in [0, 0.05) is 23.3 Å². The van der Waals surface area contributed by atoms with E-state index in [1.807, 2.05) is 0 Å². The van der Waals surface area contributed by atoms with E-state index >= 15 is 0 Å². The third-order valence-electron chi connectivity index (χ3n) is 2.87. The zero-order chi connectivity index (χ0) is 9.60. The highest BCUT2D eigenvalue weighted by molar-refractivity contribution is 7.09. The van der Waals surface area contributed by atoms with Crippen LogP contribution in [0.2, 0.25) is 0 Å². The molecule has 0 aromatic carbocycles. The topological polar surface area (TPSA) is 37.8 Å². The van der Waals surface area contributed by atoms with E-state index in [2.05, 4.69) is 14.7 Å². The van der Waals surface area contributed by atoms with Crippen LogP contribution in [0.15, 0.2) is 0 Å². The van der Waals surface area contributed by atoms with Crippen molar-refractivity contribution < 1.29 is 0 Å². The molecule has 1 aromatic rings. The summed E-state index contributed by atoms with van der Waals surface area (Å²) in [5.74, 6) is 2.35. The minimum atomic E-state index is 0.141. The monoisotopic (exact) mass is 229 g/mol. The van der Waals surface area contributed by atoms with E-state index in [9.17, 15) is 0 Å². The number of rotatable bonds is 4. The molecule has 1 N–H and O–H groups in total. The Bertz CT molecular complexity index is 344. The number of aromatic nitrogens is 2. The van der Waals surface area contributed by atoms with E-state index in [0.717, 1.165) is 23.8 Å². The molecule has 3 nitrogen and oxygen atoms in total. The maximum atomic E-state index is 5.88. The summed E-state index contributed by atoms with van der Waals surface area (Å²) in [4.78, 5) is 4.48. The van der Waals surface area contributed by atoms with Gasteiger partial charge in [0.25, 0.3) is 0 Å². The Morgan fingerprint density at radius 2 is 2.29 bits per heavy atom. The SMILES string of the molecule is ClCC1(Nc2nc(C3CC3)ns2)CC1. The molecule has 0 amide bonds. The molecule has 1 heterocycles. The second-order valence-electron chi connectivity index (χ2n) is 4.27. The molecular weight excluding hydrogens is 218 g/mol. The van der Waals surface area contributed by atoms with Crippen LogP contribution in [0.25, 0.3) is 0 Å². The zero-order valence-corrected chi connectivity index (χ0v) is 9.37. The van der Waals surface area contributed by atoms with Gasteiger partial charge in [0.05, 0.1) is 5.54 Å². The van der Waals surface area contributed by atoms with Crippen molar-refractivity contribution in [2.45, 2.75) is 37.1 Å². The summed E-state index contributed by atoms with van der Waals surface area (Å²) < 4.78 is 4.35. The lowest BCUT2D eigenvalue weighted by atomic mass is 10.3. The Morgan fingerprint density at radius 1 is 1.50 bits per heavy atom. The zero-order valence-electron chi connectivity index (χ0n) is 7.79. The number of hydrogen-bond donors (Lipinski definition) is 1. The van der Waals surface area contributed by atoms with Crippen molar-refractivity contribution >= 4 is 28.3 Å². The molecule has 0 saturated heterocycles. The molecule has 0 aliphatic heterocycles. The van der Waals surface area contributed by atoms with E-state index in [-0.39, 0.29) is 5.54 Å². The highest BCUT2D eigenvalue weighted by Gasteiger charge is 2.42. The summed E-state index contributed by atoms with van der Waals surface area (Å²) in [6, 6.07) is 0. The second kappa shape index (κ2) is 3.07. The minimum Gasteiger partial charge on any atom is -0.354 e. The highest BCUT2D eigenvalue weighted by Crippen LogP contribution is 2.42. The van der Waals surface area contributed by atoms with Crippen molar-refractivity contribution in [3.8, 4) is 0 Å². The van der Waals surface area contributed by atoms with E-state index in [1.54, 1.807) is 0 Å². The van der Waals surface area contributed by atoms with Gasteiger partial charge in [-0.05, 0) is 25.7 Å². The van der Waals surface area contributed by atoms with Crippen molar-refractivity contribution in [1.82, 2.24) is 9.36 Å². The van der Waals surface area contributed by atoms with Crippen LogP contribution in [0.4, 0.5) is 5.13 Å². The summed E-state index contributed by atoms with van der Waals surface area (Å²) >= 11 is 7.35. The van der Waals surface area contributed by atoms with Crippen LogP contribution in [-0.2, 0) is 0 Å². The number of nitrogens with zero attached hydrogens (tertiary/aromatic N) is 2. The predicted octanol–water partition coefficient (Wildman–Crippen LogP) is 2.60. The van der Waals surface area contributed by atoms with E-state index in [0.29, 0.717) is 11.8 Å². The average Bonchev–Trinajstić information content (AvgIpc) is 3.09. The van der Waals surface area contributed by atoms with Crippen molar-refractivity contribution in [1.29, 1.82) is 0 Å². The Hall–Kier alpha value is -0.350. The van der Waals surface area contributed by atoms with Gasteiger partial charge < -0.3 is 5.32 Å². The fraction of sp³-hybridized carbons (Fsp3) is 0.778. The first-order chi connectivity index (χ1) is 6.81. The fourth-order valence-corrected chi connectivity index (χ4v) is 2.56. The number of anilines is 1. The van der Waals surface area contributed by atoms with Gasteiger partial charge >= 0.3 is 0 Å². The summed E-state index contributed by atoms with van der Waals surface area (Å²) in [5, 5.41) is 4.34. The molecule has 0 unspecified atom stereocenters. The summed E-state index contributed by atoms with van der Waals surface area (Å²) in [7, 11) is 0. The number of alkyl halides is 1. The lowest BCUT2D eigenvalue weighted by Gasteiger charge is -2.11. The molecular formula is C9H12ClN3S. The molecule has 2 aliphatic carbocycles. The van der Waals surface area contributed by atoms with E-state index in [4.69, 9.17) is 11.6 Å². The van der Waals surface area contributed by atoms with Crippen LogP contribution in [0.3, 0.4) is 0 Å². The number of halogens is 1. The van der Waals surface area contributed by atoms with Crippen LogP contribution in [0.5, 0.6) is 0 Å². The van der Waals surface area contributed by atoms with Crippen LogP contribution in [-0.4, -0.2) is 20.8 Å². The largest absolute Gasteiger partial charge is 0.354 e. The smallest absolute Gasteiger partial charge is 0.203 e. The summed E-state index contributed by atoms with van der Waals surface area (Å²) in [6.45, 7) is 0. The molecule has 0 spiro atoms. The first-order valence-corrected chi connectivity index (χ1v) is 6.30. The van der Waals surface area contributed by atoms with Crippen molar-refractivity contribution in [2.24, 2.45) is 0 Å². The van der Waals surface area contributed by atoms with Gasteiger partial charge in [-0.2, -0.15) is 4.37 Å². The number of hydrogen-bond acceptors (Lipinski definition) is 4. The normalized spacial score (nSPS) is 23.5. The van der Waals surface area contributed by atoms with Crippen LogP contribution < -0.4 is 5.32 Å². The second-order valence-corrected chi connectivity index (χ2v) is 5.29. The Labute approximate surface area is 92.0 Å². The predicted molar refractivity (Wildman–Crippen MR) is 58.2 cm³/mol. The maximum absolute atomic E-state index is 5.88. The molecule has 0 atom stereocenters. The maximum Gasteiger partial charge on any atom is 0.203 e. The molecule has 0 radical (unpaired) electrons. The van der Waals surface area contributed by atoms with Gasteiger partial charge in [-0.15, -0.1) is 11.6 Å². The average molecular weight is 230 g/mol. The van der Waals surface area contributed by atoms with Crippen LogP contribution in [0.1, 0.15) is 37.4 Å². The molecule has 14 heavy (non-hydrogen) atoms. The molecule has 1 aromatic heterocycles. The van der Waals surface area contributed by atoms with Crippen molar-refractivity contribution in [3.05, 3.63) is 5.82 Å². The number of nitrogens with one attached hydrogen (secondary N) is 1. The molecule has 0 bridgehead atoms. The lowest BCUT2D eigenvalue weighted by Crippen LogP contribution is -2.22. The minimum absolute atomic E-state index is 0.141. The Kier molecular flexibility index (Phi) is 1.96. The van der Waals surface area contributed by atoms with Gasteiger partial charge in [-0.3, -0.25) is 0 Å². The Balaban J connectivity index is 1.70. The molecule has 76 valence electrons. The molecule has 2 fully saturated rings. The van der Waals surface area contributed by atoms with Gasteiger partial charge in [0.15, 0.2) is 0 Å². The van der Waals surface area contributed by atoms with E-state index in [1.165, 1.54) is 24.4 Å². The van der Waals surface area contributed by atoms with Gasteiger partial charge in [-0.1, -0.05) is 0 Å². The fourth-order valence-electron chi connectivity index (χ4n) is 1.46. The molecule has 3 rings (SSSR count). The van der Waals surface area contributed by atoms with E-state index < -0.39 is 0 Å². The van der Waals surface area contributed by atoms with Crippen molar-refractivity contribution in [2.75, 3.05) is 11.2 Å². The van der Waals surface area contributed by atoms with Gasteiger partial charge in [0.2, 0.25) is 5.13 Å². The molecule has 5 heteroatoms. The van der Waals surface area contributed by atoms with Gasteiger partial charge in [0.1, 0.15) is 5.82 Å². The van der Waals surface area contributed by atoms with Crippen LogP contribution in [0, 0.1) is 0 Å². The summed E-state index contributed by atoms with van der Waals surface area (Å²) in [6.07, 6.45) is 4.84. The standard InChI is InChI=1S/C9H12ClN3S/c10-5-9(3-4-9)12-8-11-7(13-14-8)6-1-2-6/h6H,1-5H2,(H,11,12,13). The molecule has 2 saturated carbocycles. The first-order valence-electron chi connectivity index (χ1n) is 4.99. The van der Waals surface area contributed by atoms with Crippen LogP contribution >= 0.6 is 23.1 Å². The van der Waals surface area contributed by atoms with Gasteiger partial charge in [-0.25, -0.2) is 4.98 Å². The molecule has 2 aliphatic rings. The lowest BCUT2D eigenvalue weighted by molar-refractivity contribution is 0.832. The quantitative estimate of drug-likeness (QED) is 0.807. The third kappa shape index (κ3) is 1.61. The van der Waals surface area contributed by atoms with Crippen molar-refractivity contribution in [3.63, 3.8) is 0 Å². The summed E-state index contributed by atoms with van der Waals surface area (Å²) in [5.41, 5.74) is 0.141. The Morgan fingerprint density at radius 3 is 2.86 bits per heavy atom. The highest BCUT2D eigenvalue weighted by atomic mass is 35.5.